The van der Waals surface area contributed by atoms with Crippen molar-refractivity contribution in [3.8, 4) is 0 Å². The molecule has 4 N–H and O–H groups in total. The van der Waals surface area contributed by atoms with Gasteiger partial charge in [-0.25, -0.2) is 14.8 Å². The maximum atomic E-state index is 13.6. The van der Waals surface area contributed by atoms with Crippen molar-refractivity contribution >= 4 is 29.6 Å². The third-order valence-corrected chi connectivity index (χ3v) is 7.42. The van der Waals surface area contributed by atoms with E-state index in [2.05, 4.69) is 30.8 Å². The number of hydrogen-bond acceptors (Lipinski definition) is 8. The van der Waals surface area contributed by atoms with E-state index < -0.39 is 35.5 Å². The van der Waals surface area contributed by atoms with Gasteiger partial charge in [0, 0.05) is 48.2 Å². The Morgan fingerprint density at radius 3 is 2.29 bits per heavy atom. The summed E-state index contributed by atoms with van der Waals surface area (Å²) in [6.07, 6.45) is 3.77. The number of piperidine rings is 1. The molecule has 4 rings (SSSR count). The second kappa shape index (κ2) is 13.3. The molecule has 0 bridgehead atoms. The quantitative estimate of drug-likeness (QED) is 0.258. The van der Waals surface area contributed by atoms with Crippen molar-refractivity contribution in [1.29, 1.82) is 0 Å². The Morgan fingerprint density at radius 2 is 1.64 bits per heavy atom. The molecule has 42 heavy (non-hydrogen) atoms. The van der Waals surface area contributed by atoms with Crippen molar-refractivity contribution < 1.29 is 24.2 Å². The summed E-state index contributed by atoms with van der Waals surface area (Å²) in [5.41, 5.74) is -0.512. The van der Waals surface area contributed by atoms with Crippen molar-refractivity contribution in [2.24, 2.45) is 5.41 Å². The Balaban J connectivity index is 1.45. The fourth-order valence-electron chi connectivity index (χ4n) is 4.87. The lowest BCUT2D eigenvalue weighted by Crippen LogP contribution is -2.68. The molecule has 1 saturated heterocycles. The van der Waals surface area contributed by atoms with Crippen molar-refractivity contribution in [3.63, 3.8) is 0 Å². The molecule has 1 aliphatic heterocycles. The predicted molar refractivity (Wildman–Crippen MR) is 159 cm³/mol. The monoisotopic (exact) mass is 574 g/mol. The van der Waals surface area contributed by atoms with Crippen LogP contribution >= 0.6 is 0 Å². The summed E-state index contributed by atoms with van der Waals surface area (Å²) in [5, 5.41) is 18.7. The van der Waals surface area contributed by atoms with Gasteiger partial charge in [-0.15, -0.1) is 0 Å². The summed E-state index contributed by atoms with van der Waals surface area (Å²) in [4.78, 5) is 49.1. The number of alkyl carbamates (subject to hydrolysis) is 1. The first-order chi connectivity index (χ1) is 20.0. The molecule has 1 aliphatic rings. The summed E-state index contributed by atoms with van der Waals surface area (Å²) in [6, 6.07) is 18.3. The molecule has 11 nitrogen and oxygen atoms in total. The zero-order valence-corrected chi connectivity index (χ0v) is 24.2. The van der Waals surface area contributed by atoms with Crippen LogP contribution in [0.15, 0.2) is 73.1 Å². The second-order valence-corrected chi connectivity index (χ2v) is 11.4. The van der Waals surface area contributed by atoms with Gasteiger partial charge in [-0.05, 0) is 42.7 Å². The molecule has 2 heterocycles. The number of nitrogens with zero attached hydrogens (tertiary/aromatic N) is 3. The average Bonchev–Trinajstić information content (AvgIpc) is 2.97. The van der Waals surface area contributed by atoms with E-state index >= 15 is 0 Å². The lowest BCUT2D eigenvalue weighted by Gasteiger charge is -2.44. The van der Waals surface area contributed by atoms with Gasteiger partial charge >= 0.3 is 12.1 Å². The molecule has 0 spiro atoms. The highest BCUT2D eigenvalue weighted by Crippen LogP contribution is 2.32. The topological polar surface area (TPSA) is 146 Å². The highest BCUT2D eigenvalue weighted by Gasteiger charge is 2.47. The highest BCUT2D eigenvalue weighted by molar-refractivity contribution is 5.96. The number of carbonyl (C=O) groups is 3. The summed E-state index contributed by atoms with van der Waals surface area (Å²) in [7, 11) is 0. The molecule has 2 amide bonds. The number of carboxylic acid groups (broad SMARTS) is 1. The number of ether oxygens (including phenoxy) is 1. The summed E-state index contributed by atoms with van der Waals surface area (Å²) in [6.45, 7) is 6.81. The van der Waals surface area contributed by atoms with Gasteiger partial charge in [0.15, 0.2) is 0 Å². The molecule has 0 aliphatic carbocycles. The molecule has 1 fully saturated rings. The van der Waals surface area contributed by atoms with Crippen LogP contribution in [0, 0.1) is 5.41 Å². The zero-order chi connectivity index (χ0) is 30.2. The van der Waals surface area contributed by atoms with Crippen LogP contribution in [0.5, 0.6) is 0 Å². The van der Waals surface area contributed by atoms with E-state index in [9.17, 15) is 19.5 Å². The summed E-state index contributed by atoms with van der Waals surface area (Å²) < 4.78 is 5.38. The van der Waals surface area contributed by atoms with Crippen molar-refractivity contribution in [1.82, 2.24) is 20.6 Å². The lowest BCUT2D eigenvalue weighted by atomic mass is 9.77. The van der Waals surface area contributed by atoms with Crippen LogP contribution in [0.2, 0.25) is 0 Å². The van der Waals surface area contributed by atoms with Crippen LogP contribution in [-0.4, -0.2) is 57.8 Å². The number of rotatable bonds is 10. The van der Waals surface area contributed by atoms with E-state index in [4.69, 9.17) is 4.74 Å². The molecule has 0 saturated carbocycles. The summed E-state index contributed by atoms with van der Waals surface area (Å²) >= 11 is 0. The van der Waals surface area contributed by atoms with Crippen LogP contribution in [0.1, 0.15) is 56.0 Å². The average molecular weight is 575 g/mol. The minimum Gasteiger partial charge on any atom is -0.481 e. The molecule has 1 atom stereocenters. The molecule has 0 radical (unpaired) electrons. The van der Waals surface area contributed by atoms with E-state index in [1.54, 1.807) is 57.4 Å². The molecule has 222 valence electrons. The minimum absolute atomic E-state index is 0.000540. The van der Waals surface area contributed by atoms with Gasteiger partial charge in [0.1, 0.15) is 12.3 Å². The number of nitrogens with one attached hydrogen (secondary N) is 3. The Morgan fingerprint density at radius 1 is 0.952 bits per heavy atom. The maximum Gasteiger partial charge on any atom is 0.409 e. The van der Waals surface area contributed by atoms with E-state index in [0.717, 1.165) is 37.2 Å². The number of carbonyl (C=O) groups excluding carboxylic acids is 2. The first-order valence-corrected chi connectivity index (χ1v) is 14.0. The first-order valence-electron chi connectivity index (χ1n) is 14.0. The number of aromatic nitrogens is 2. The lowest BCUT2D eigenvalue weighted by molar-refractivity contribution is -0.140. The molecule has 1 unspecified atom stereocenters. The fourth-order valence-corrected chi connectivity index (χ4v) is 4.87. The van der Waals surface area contributed by atoms with Gasteiger partial charge in [-0.3, -0.25) is 14.9 Å². The van der Waals surface area contributed by atoms with E-state index in [-0.39, 0.29) is 12.6 Å². The number of carboxylic acids is 1. The second-order valence-electron chi connectivity index (χ2n) is 11.4. The molecular weight excluding hydrogens is 536 g/mol. The highest BCUT2D eigenvalue weighted by atomic mass is 16.5. The maximum absolute atomic E-state index is 13.6. The number of anilines is 2. The number of hydrogen-bond donors (Lipinski definition) is 4. The standard InChI is InChI=1S/C31H38N6O5/c1-30(2,3)31(20-26(38)39,36-29(41)42-21-22-9-5-4-6-10-22)35-27(40)23-11-7-12-25(19-23)37-17-13-24(14-18-37)34-28-32-15-8-16-33-28/h4-12,15-16,19,24H,13-14,17-18,20-21H2,1-3H3,(H,35,40)(H,36,41)(H,38,39)(H,32,33,34). The largest absolute Gasteiger partial charge is 0.481 e. The van der Waals surface area contributed by atoms with Crippen molar-refractivity contribution in [3.05, 3.63) is 84.2 Å². The first kappa shape index (κ1) is 30.3. The zero-order valence-electron chi connectivity index (χ0n) is 24.2. The SMILES string of the molecule is CC(C)(C)C(CC(=O)O)(NC(=O)OCc1ccccc1)NC(=O)c1cccc(N2CCC(Nc3ncccn3)CC2)c1. The van der Waals surface area contributed by atoms with Gasteiger partial charge in [-0.1, -0.05) is 57.2 Å². The van der Waals surface area contributed by atoms with Crippen LogP contribution < -0.4 is 20.9 Å². The smallest absolute Gasteiger partial charge is 0.409 e. The Labute approximate surface area is 245 Å². The molecular formula is C31H38N6O5. The normalized spacial score (nSPS) is 15.3. The molecule has 2 aromatic carbocycles. The van der Waals surface area contributed by atoms with E-state index in [1.165, 1.54) is 0 Å². The fraction of sp³-hybridized carbons (Fsp3) is 0.387. The van der Waals surface area contributed by atoms with Crippen LogP contribution in [0.25, 0.3) is 0 Å². The third-order valence-electron chi connectivity index (χ3n) is 7.42. The van der Waals surface area contributed by atoms with Crippen LogP contribution in [0.3, 0.4) is 0 Å². The predicted octanol–water partition coefficient (Wildman–Crippen LogP) is 4.43. The Hall–Kier alpha value is -4.67. The number of benzene rings is 2. The van der Waals surface area contributed by atoms with E-state index in [0.29, 0.717) is 11.5 Å². The van der Waals surface area contributed by atoms with Crippen LogP contribution in [0.4, 0.5) is 16.4 Å². The van der Waals surface area contributed by atoms with Gasteiger partial charge < -0.3 is 25.4 Å². The number of amides is 2. The molecule has 1 aromatic heterocycles. The summed E-state index contributed by atoms with van der Waals surface area (Å²) in [5.74, 6) is -1.08. The molecule has 3 aromatic rings. The van der Waals surface area contributed by atoms with Crippen molar-refractivity contribution in [2.45, 2.75) is 58.3 Å². The van der Waals surface area contributed by atoms with Gasteiger partial charge in [0.05, 0.1) is 6.42 Å². The molecule has 11 heteroatoms. The Kier molecular flexibility index (Phi) is 9.61. The van der Waals surface area contributed by atoms with Gasteiger partial charge in [-0.2, -0.15) is 0 Å². The Bertz CT molecular complexity index is 1360. The van der Waals surface area contributed by atoms with Gasteiger partial charge in [0.25, 0.3) is 5.91 Å². The minimum atomic E-state index is -1.64. The number of aliphatic carboxylic acids is 1. The van der Waals surface area contributed by atoms with Crippen molar-refractivity contribution in [2.75, 3.05) is 23.3 Å². The van der Waals surface area contributed by atoms with E-state index in [1.807, 2.05) is 36.4 Å². The van der Waals surface area contributed by atoms with Gasteiger partial charge in [0.2, 0.25) is 5.95 Å². The van der Waals surface area contributed by atoms with Crippen LogP contribution in [-0.2, 0) is 16.1 Å². The third kappa shape index (κ3) is 7.96.